The highest BCUT2D eigenvalue weighted by atomic mass is 16.5. The molecule has 0 unspecified atom stereocenters. The molecule has 1 aromatic heterocycles. The summed E-state index contributed by atoms with van der Waals surface area (Å²) in [5, 5.41) is 3.31. The Bertz CT molecular complexity index is 931. The summed E-state index contributed by atoms with van der Waals surface area (Å²) in [7, 11) is 5.32. The maximum absolute atomic E-state index is 5.50. The molecule has 6 heteroatoms. The Balaban J connectivity index is 1.99. The molecule has 0 spiro atoms. The molecule has 1 heterocycles. The lowest BCUT2D eigenvalue weighted by Crippen LogP contribution is -2.20. The summed E-state index contributed by atoms with van der Waals surface area (Å²) >= 11 is 0. The first-order valence-corrected chi connectivity index (χ1v) is 9.79. The second-order valence-corrected chi connectivity index (χ2v) is 6.77. The van der Waals surface area contributed by atoms with Crippen LogP contribution in [0.4, 0.5) is 17.5 Å². The SMILES string of the molecule is CCCCN(C)c1cc(-c2ccccc2)nc(Nc2ccc(OC)cc2OC)n1. The lowest BCUT2D eigenvalue weighted by molar-refractivity contribution is 0.395. The van der Waals surface area contributed by atoms with Gasteiger partial charge in [-0.2, -0.15) is 4.98 Å². The quantitative estimate of drug-likeness (QED) is 0.544. The van der Waals surface area contributed by atoms with E-state index in [2.05, 4.69) is 36.3 Å². The topological polar surface area (TPSA) is 59.5 Å². The number of anilines is 3. The van der Waals surface area contributed by atoms with Crippen LogP contribution in [0, 0.1) is 0 Å². The molecule has 6 nitrogen and oxygen atoms in total. The number of nitrogens with one attached hydrogen (secondary N) is 1. The summed E-state index contributed by atoms with van der Waals surface area (Å²) in [4.78, 5) is 11.6. The predicted octanol–water partition coefficient (Wildman–Crippen LogP) is 5.14. The van der Waals surface area contributed by atoms with Crippen molar-refractivity contribution in [2.75, 3.05) is 38.0 Å². The number of rotatable bonds is 9. The van der Waals surface area contributed by atoms with Crippen molar-refractivity contribution >= 4 is 17.5 Å². The molecule has 0 saturated carbocycles. The predicted molar refractivity (Wildman–Crippen MR) is 118 cm³/mol. The number of unbranched alkanes of at least 4 members (excludes halogenated alkanes) is 1. The minimum atomic E-state index is 0.521. The van der Waals surface area contributed by atoms with E-state index < -0.39 is 0 Å². The molecule has 0 amide bonds. The van der Waals surface area contributed by atoms with Gasteiger partial charge in [0.1, 0.15) is 17.3 Å². The highest BCUT2D eigenvalue weighted by Crippen LogP contribution is 2.32. The maximum Gasteiger partial charge on any atom is 0.229 e. The smallest absolute Gasteiger partial charge is 0.229 e. The summed E-state index contributed by atoms with van der Waals surface area (Å²) in [5.74, 6) is 2.79. The molecule has 152 valence electrons. The molecule has 1 N–H and O–H groups in total. The first kappa shape index (κ1) is 20.5. The zero-order chi connectivity index (χ0) is 20.6. The van der Waals surface area contributed by atoms with E-state index in [-0.39, 0.29) is 0 Å². The van der Waals surface area contributed by atoms with E-state index in [0.717, 1.165) is 47.9 Å². The average Bonchev–Trinajstić information content (AvgIpc) is 2.78. The van der Waals surface area contributed by atoms with Crippen molar-refractivity contribution in [2.24, 2.45) is 0 Å². The van der Waals surface area contributed by atoms with E-state index in [1.807, 2.05) is 42.5 Å². The average molecular weight is 393 g/mol. The molecule has 0 atom stereocenters. The number of benzene rings is 2. The molecule has 3 rings (SSSR count). The molecular formula is C23H28N4O2. The van der Waals surface area contributed by atoms with Crippen LogP contribution in [0.5, 0.6) is 11.5 Å². The van der Waals surface area contributed by atoms with Crippen molar-refractivity contribution in [3.63, 3.8) is 0 Å². The van der Waals surface area contributed by atoms with Crippen LogP contribution in [0.2, 0.25) is 0 Å². The Labute approximate surface area is 172 Å². The second kappa shape index (κ2) is 9.78. The highest BCUT2D eigenvalue weighted by molar-refractivity contribution is 5.69. The van der Waals surface area contributed by atoms with Gasteiger partial charge in [-0.05, 0) is 18.6 Å². The van der Waals surface area contributed by atoms with E-state index in [4.69, 9.17) is 19.4 Å². The van der Waals surface area contributed by atoms with E-state index in [9.17, 15) is 0 Å². The minimum absolute atomic E-state index is 0.521. The Morgan fingerprint density at radius 1 is 0.966 bits per heavy atom. The lowest BCUT2D eigenvalue weighted by atomic mass is 10.1. The zero-order valence-corrected chi connectivity index (χ0v) is 17.5. The van der Waals surface area contributed by atoms with Crippen LogP contribution in [0.3, 0.4) is 0 Å². The largest absolute Gasteiger partial charge is 0.497 e. The first-order valence-electron chi connectivity index (χ1n) is 9.79. The summed E-state index contributed by atoms with van der Waals surface area (Å²) in [6.45, 7) is 3.12. The van der Waals surface area contributed by atoms with Crippen LogP contribution in [-0.4, -0.2) is 37.8 Å². The van der Waals surface area contributed by atoms with E-state index >= 15 is 0 Å². The number of hydrogen-bond acceptors (Lipinski definition) is 6. The molecule has 0 aliphatic heterocycles. The number of ether oxygens (including phenoxy) is 2. The second-order valence-electron chi connectivity index (χ2n) is 6.77. The van der Waals surface area contributed by atoms with E-state index in [0.29, 0.717) is 11.7 Å². The molecule has 3 aromatic rings. The van der Waals surface area contributed by atoms with Crippen LogP contribution < -0.4 is 19.7 Å². The molecular weight excluding hydrogens is 364 g/mol. The molecule has 0 aliphatic rings. The first-order chi connectivity index (χ1) is 14.1. The Kier molecular flexibility index (Phi) is 6.89. The van der Waals surface area contributed by atoms with Gasteiger partial charge in [-0.25, -0.2) is 4.98 Å². The van der Waals surface area contributed by atoms with Crippen molar-refractivity contribution in [3.05, 3.63) is 54.6 Å². The van der Waals surface area contributed by atoms with Gasteiger partial charge in [0.2, 0.25) is 5.95 Å². The summed E-state index contributed by atoms with van der Waals surface area (Å²) < 4.78 is 10.8. The molecule has 0 fully saturated rings. The third kappa shape index (κ3) is 5.16. The van der Waals surface area contributed by atoms with Crippen molar-refractivity contribution in [1.29, 1.82) is 0 Å². The lowest BCUT2D eigenvalue weighted by Gasteiger charge is -2.20. The van der Waals surface area contributed by atoms with Gasteiger partial charge in [-0.3, -0.25) is 0 Å². The van der Waals surface area contributed by atoms with Gasteiger partial charge in [0.05, 0.1) is 25.6 Å². The third-order valence-electron chi connectivity index (χ3n) is 4.68. The van der Waals surface area contributed by atoms with Crippen LogP contribution in [-0.2, 0) is 0 Å². The molecule has 0 aliphatic carbocycles. The van der Waals surface area contributed by atoms with Gasteiger partial charge in [-0.1, -0.05) is 43.7 Å². The number of methoxy groups -OCH3 is 2. The van der Waals surface area contributed by atoms with Gasteiger partial charge >= 0.3 is 0 Å². The Hall–Kier alpha value is -3.28. The van der Waals surface area contributed by atoms with Gasteiger partial charge in [0.25, 0.3) is 0 Å². The van der Waals surface area contributed by atoms with Crippen LogP contribution in [0.1, 0.15) is 19.8 Å². The summed E-state index contributed by atoms with van der Waals surface area (Å²) in [6.07, 6.45) is 2.24. The maximum atomic E-state index is 5.50. The third-order valence-corrected chi connectivity index (χ3v) is 4.68. The van der Waals surface area contributed by atoms with Crippen molar-refractivity contribution in [1.82, 2.24) is 9.97 Å². The van der Waals surface area contributed by atoms with E-state index in [1.165, 1.54) is 0 Å². The van der Waals surface area contributed by atoms with Gasteiger partial charge in [0, 0.05) is 31.3 Å². The Morgan fingerprint density at radius 2 is 1.76 bits per heavy atom. The molecule has 29 heavy (non-hydrogen) atoms. The molecule has 0 radical (unpaired) electrons. The molecule has 2 aromatic carbocycles. The molecule has 0 saturated heterocycles. The van der Waals surface area contributed by atoms with Crippen molar-refractivity contribution < 1.29 is 9.47 Å². The van der Waals surface area contributed by atoms with Crippen molar-refractivity contribution in [2.45, 2.75) is 19.8 Å². The zero-order valence-electron chi connectivity index (χ0n) is 17.5. The standard InChI is InChI=1S/C23H28N4O2/c1-5-6-14-27(2)22-16-20(17-10-8-7-9-11-17)25-23(26-22)24-19-13-12-18(28-3)15-21(19)29-4/h7-13,15-16H,5-6,14H2,1-4H3,(H,24,25,26). The van der Waals surface area contributed by atoms with Gasteiger partial charge < -0.3 is 19.7 Å². The Morgan fingerprint density at radius 3 is 2.45 bits per heavy atom. The van der Waals surface area contributed by atoms with E-state index in [1.54, 1.807) is 14.2 Å². The number of nitrogens with zero attached hydrogens (tertiary/aromatic N) is 3. The monoisotopic (exact) mass is 392 g/mol. The van der Waals surface area contributed by atoms with Crippen LogP contribution >= 0.6 is 0 Å². The fourth-order valence-electron chi connectivity index (χ4n) is 2.97. The molecule has 0 bridgehead atoms. The fourth-order valence-corrected chi connectivity index (χ4v) is 2.97. The van der Waals surface area contributed by atoms with Crippen molar-refractivity contribution in [3.8, 4) is 22.8 Å². The summed E-state index contributed by atoms with van der Waals surface area (Å²) in [6, 6.07) is 17.8. The van der Waals surface area contributed by atoms with Crippen LogP contribution in [0.25, 0.3) is 11.3 Å². The number of aromatic nitrogens is 2. The normalized spacial score (nSPS) is 10.5. The van der Waals surface area contributed by atoms with Gasteiger partial charge in [-0.15, -0.1) is 0 Å². The minimum Gasteiger partial charge on any atom is -0.497 e. The van der Waals surface area contributed by atoms with Gasteiger partial charge in [0.15, 0.2) is 0 Å². The fraction of sp³-hybridized carbons (Fsp3) is 0.304. The highest BCUT2D eigenvalue weighted by Gasteiger charge is 2.12. The number of hydrogen-bond donors (Lipinski definition) is 1. The van der Waals surface area contributed by atoms with Crippen LogP contribution in [0.15, 0.2) is 54.6 Å². The summed E-state index contributed by atoms with van der Waals surface area (Å²) in [5.41, 5.74) is 2.69.